The number of benzene rings is 1. The molecule has 3 saturated heterocycles. The van der Waals surface area contributed by atoms with Gasteiger partial charge in [-0.15, -0.1) is 0 Å². The molecule has 40 heavy (non-hydrogen) atoms. The summed E-state index contributed by atoms with van der Waals surface area (Å²) in [5.74, 6) is -1.33. The van der Waals surface area contributed by atoms with E-state index in [1.165, 1.54) is 17.9 Å². The molecular weight excluding hydrogens is 521 g/mol. The van der Waals surface area contributed by atoms with Crippen LogP contribution < -0.4 is 9.80 Å². The number of rotatable bonds is 6. The van der Waals surface area contributed by atoms with Crippen molar-refractivity contribution in [1.29, 1.82) is 0 Å². The second-order valence-electron chi connectivity index (χ2n) is 12.5. The number of anilines is 2. The topological polar surface area (TPSA) is 115 Å². The zero-order valence-electron chi connectivity index (χ0n) is 23.8. The van der Waals surface area contributed by atoms with E-state index < -0.39 is 41.2 Å². The number of aliphatic hydroxyl groups excluding tert-OH is 1. The highest BCUT2D eigenvalue weighted by Crippen LogP contribution is 2.48. The Morgan fingerprint density at radius 2 is 2.00 bits per heavy atom. The average Bonchev–Trinajstić information content (AvgIpc) is 3.52. The lowest BCUT2D eigenvalue weighted by Gasteiger charge is -2.52. The number of nitrogens with zero attached hydrogens (tertiary/aromatic N) is 3. The number of aliphatic hydroxyl groups is 1. The van der Waals surface area contributed by atoms with Crippen molar-refractivity contribution >= 4 is 23.4 Å². The van der Waals surface area contributed by atoms with Crippen LogP contribution in [0.1, 0.15) is 59.8 Å². The van der Waals surface area contributed by atoms with Crippen LogP contribution in [0.4, 0.5) is 20.6 Å². The smallest absolute Gasteiger partial charge is 0.414 e. The zero-order valence-corrected chi connectivity index (χ0v) is 23.8. The Bertz CT molecular complexity index is 1110. The lowest BCUT2D eigenvalue weighted by molar-refractivity contribution is -0.183. The van der Waals surface area contributed by atoms with E-state index in [0.717, 1.165) is 12.8 Å². The quantitative estimate of drug-likeness (QED) is 0.517. The molecule has 1 aliphatic carbocycles. The summed E-state index contributed by atoms with van der Waals surface area (Å²) in [5.41, 5.74) is 0.377. The molecule has 11 heteroatoms. The molecule has 10 nitrogen and oxygen atoms in total. The first-order chi connectivity index (χ1) is 18.9. The number of hydroxylamine groups is 2. The second-order valence-corrected chi connectivity index (χ2v) is 12.5. The molecule has 222 valence electrons. The fourth-order valence-corrected chi connectivity index (χ4v) is 6.99. The van der Waals surface area contributed by atoms with Crippen molar-refractivity contribution in [2.24, 2.45) is 17.3 Å². The van der Waals surface area contributed by atoms with E-state index in [1.54, 1.807) is 12.1 Å². The Balaban J connectivity index is 1.25. The summed E-state index contributed by atoms with van der Waals surface area (Å²) in [6.07, 6.45) is 1.75. The third kappa shape index (κ3) is 5.41. The van der Waals surface area contributed by atoms with Crippen LogP contribution in [0.25, 0.3) is 0 Å². The molecule has 1 spiro atoms. The largest absolute Gasteiger partial charge is 0.756 e. The molecule has 5 rings (SSSR count). The summed E-state index contributed by atoms with van der Waals surface area (Å²) < 4.78 is 32.9. The molecule has 1 N–H and O–H groups in total. The number of ether oxygens (including phenoxy) is 3. The third-order valence-corrected chi connectivity index (χ3v) is 9.50. The average molecular weight is 563 g/mol. The number of hydrogen-bond acceptors (Lipinski definition) is 8. The van der Waals surface area contributed by atoms with Gasteiger partial charge in [-0.25, -0.2) is 9.18 Å². The Hall–Kier alpha value is -2.47. The Morgan fingerprint density at radius 1 is 1.27 bits per heavy atom. The highest BCUT2D eigenvalue weighted by Gasteiger charge is 2.50. The summed E-state index contributed by atoms with van der Waals surface area (Å²) in [4.78, 5) is 28.3. The number of hydrogen-bond donors (Lipinski definition) is 1. The standard InChI is InChI=1S/C29H41FN3O7/c1-18(2)22-7-8-28(4,14-25(22)33(37)19(3)35)26-15-32(27(36)39-26)20-5-6-24(23(30)13-20)31-11-9-29(10-12-31)38-17-21(16-34)40-29/h5-6,13,18,21-22,25-26,34H,7-12,14-17H2,1-4H3/q-1/t21?,22?,25?,26?,28-/m0/s1. The minimum absolute atomic E-state index is 0.0805. The molecule has 4 unspecified atom stereocenters. The lowest BCUT2D eigenvalue weighted by Crippen LogP contribution is -2.51. The minimum atomic E-state index is -0.717. The van der Waals surface area contributed by atoms with Crippen LogP contribution in [0, 0.1) is 28.3 Å². The Kier molecular flexibility index (Phi) is 8.04. The fraction of sp³-hybridized carbons (Fsp3) is 0.724. The second kappa shape index (κ2) is 11.1. The summed E-state index contributed by atoms with van der Waals surface area (Å²) in [5, 5.41) is 22.7. The van der Waals surface area contributed by atoms with Gasteiger partial charge in [-0.3, -0.25) is 9.69 Å². The van der Waals surface area contributed by atoms with Crippen LogP contribution in [0.2, 0.25) is 0 Å². The van der Waals surface area contributed by atoms with Gasteiger partial charge in [0.25, 0.3) is 0 Å². The molecule has 4 fully saturated rings. The van der Waals surface area contributed by atoms with E-state index in [4.69, 9.17) is 14.2 Å². The van der Waals surface area contributed by atoms with Crippen molar-refractivity contribution in [3.05, 3.63) is 29.2 Å². The van der Waals surface area contributed by atoms with Crippen molar-refractivity contribution in [1.82, 2.24) is 5.06 Å². The molecule has 1 aromatic rings. The van der Waals surface area contributed by atoms with E-state index in [2.05, 4.69) is 13.8 Å². The Labute approximate surface area is 234 Å². The van der Waals surface area contributed by atoms with E-state index in [0.29, 0.717) is 55.4 Å². The van der Waals surface area contributed by atoms with Gasteiger partial charge in [0.05, 0.1) is 31.1 Å². The first kappa shape index (κ1) is 29.0. The number of cyclic esters (lactones) is 1. The van der Waals surface area contributed by atoms with Crippen LogP contribution in [-0.4, -0.2) is 79.1 Å². The van der Waals surface area contributed by atoms with Crippen LogP contribution in [0.5, 0.6) is 0 Å². The van der Waals surface area contributed by atoms with Crippen molar-refractivity contribution in [2.45, 2.75) is 83.8 Å². The van der Waals surface area contributed by atoms with Gasteiger partial charge >= 0.3 is 6.09 Å². The van der Waals surface area contributed by atoms with Gasteiger partial charge < -0.3 is 34.5 Å². The maximum atomic E-state index is 15.4. The summed E-state index contributed by atoms with van der Waals surface area (Å²) in [6.45, 7) is 9.02. The number of amides is 2. The molecule has 0 bridgehead atoms. The van der Waals surface area contributed by atoms with E-state index in [9.17, 15) is 19.9 Å². The molecule has 4 aliphatic rings. The van der Waals surface area contributed by atoms with Gasteiger partial charge in [0, 0.05) is 44.3 Å². The maximum Gasteiger partial charge on any atom is 0.414 e. The molecule has 3 heterocycles. The van der Waals surface area contributed by atoms with Crippen LogP contribution in [-0.2, 0) is 19.0 Å². The number of piperidine rings is 1. The third-order valence-electron chi connectivity index (χ3n) is 9.50. The monoisotopic (exact) mass is 562 g/mol. The van der Waals surface area contributed by atoms with Crippen molar-refractivity contribution < 1.29 is 33.3 Å². The number of halogens is 1. The predicted octanol–water partition coefficient (Wildman–Crippen LogP) is 4.03. The lowest BCUT2D eigenvalue weighted by atomic mass is 9.64. The van der Waals surface area contributed by atoms with Gasteiger partial charge in [0.2, 0.25) is 5.91 Å². The summed E-state index contributed by atoms with van der Waals surface area (Å²) >= 11 is 0. The van der Waals surface area contributed by atoms with Crippen molar-refractivity contribution in [3.8, 4) is 0 Å². The minimum Gasteiger partial charge on any atom is -0.756 e. The SMILES string of the molecule is CC(=O)N([O-])C1C[C@@](C)(C2CN(c3ccc(N4CCC5(CC4)OCC(CO)O5)c(F)c3)C(=O)O2)CCC1C(C)C. The van der Waals surface area contributed by atoms with E-state index in [1.807, 2.05) is 11.8 Å². The molecule has 0 aromatic heterocycles. The molecule has 1 saturated carbocycles. The van der Waals surface area contributed by atoms with Crippen molar-refractivity contribution in [3.63, 3.8) is 0 Å². The van der Waals surface area contributed by atoms with Gasteiger partial charge in [-0.05, 0) is 49.3 Å². The summed E-state index contributed by atoms with van der Waals surface area (Å²) in [7, 11) is 0. The number of carbonyl (C=O) groups is 2. The highest BCUT2D eigenvalue weighted by molar-refractivity contribution is 5.90. The van der Waals surface area contributed by atoms with Gasteiger partial charge in [0.1, 0.15) is 18.0 Å². The zero-order chi connectivity index (χ0) is 28.8. The summed E-state index contributed by atoms with van der Waals surface area (Å²) in [6, 6.07) is 4.30. The fourth-order valence-electron chi connectivity index (χ4n) is 6.99. The van der Waals surface area contributed by atoms with Gasteiger partial charge in [0.15, 0.2) is 5.79 Å². The van der Waals surface area contributed by atoms with Gasteiger partial charge in [-0.2, -0.15) is 0 Å². The Morgan fingerprint density at radius 3 is 2.60 bits per heavy atom. The molecule has 2 amide bonds. The molecule has 0 radical (unpaired) electrons. The first-order valence-corrected chi connectivity index (χ1v) is 14.4. The van der Waals surface area contributed by atoms with Gasteiger partial charge in [-0.1, -0.05) is 20.8 Å². The number of carbonyl (C=O) groups excluding carboxylic acids is 2. The molecular formula is C29H41FN3O7-. The van der Waals surface area contributed by atoms with Crippen LogP contribution >= 0.6 is 0 Å². The normalized spacial score (nSPS) is 32.1. The molecule has 3 aliphatic heterocycles. The van der Waals surface area contributed by atoms with Crippen LogP contribution in [0.15, 0.2) is 18.2 Å². The van der Waals surface area contributed by atoms with Crippen LogP contribution in [0.3, 0.4) is 0 Å². The maximum absolute atomic E-state index is 15.4. The molecule has 1 aromatic carbocycles. The highest BCUT2D eigenvalue weighted by atomic mass is 19.1. The van der Waals surface area contributed by atoms with Crippen molar-refractivity contribution in [2.75, 3.05) is 42.6 Å². The van der Waals surface area contributed by atoms with E-state index >= 15 is 4.39 Å². The molecule has 5 atom stereocenters. The first-order valence-electron chi connectivity index (χ1n) is 14.4. The van der Waals surface area contributed by atoms with E-state index in [-0.39, 0.29) is 31.1 Å². The predicted molar refractivity (Wildman–Crippen MR) is 146 cm³/mol.